The molecule has 1 amide bonds. The summed E-state index contributed by atoms with van der Waals surface area (Å²) in [6.07, 6.45) is 3.18. The number of carbonyl (C=O) groups excluding carboxylic acids is 2. The summed E-state index contributed by atoms with van der Waals surface area (Å²) in [5.41, 5.74) is 0.951. The van der Waals surface area contributed by atoms with E-state index in [0.29, 0.717) is 33.6 Å². The van der Waals surface area contributed by atoms with E-state index in [1.54, 1.807) is 66.2 Å². The summed E-state index contributed by atoms with van der Waals surface area (Å²) in [5, 5.41) is 13.6. The number of aliphatic hydroxyl groups is 1. The van der Waals surface area contributed by atoms with Crippen molar-refractivity contribution in [2.75, 3.05) is 11.5 Å². The number of hydrogen-bond acceptors (Lipinski definition) is 6. The average Bonchev–Trinajstić information content (AvgIpc) is 3.39. The molecule has 1 aromatic heterocycles. The van der Waals surface area contributed by atoms with Crippen LogP contribution in [0.4, 0.5) is 5.13 Å². The minimum absolute atomic E-state index is 0.0257. The summed E-state index contributed by atoms with van der Waals surface area (Å²) in [6.45, 7) is 3.95. The van der Waals surface area contributed by atoms with Gasteiger partial charge in [0.15, 0.2) is 5.13 Å². The summed E-state index contributed by atoms with van der Waals surface area (Å²) < 4.78 is 5.46. The molecule has 0 spiro atoms. The van der Waals surface area contributed by atoms with Gasteiger partial charge in [-0.15, -0.1) is 11.3 Å². The number of nitrogens with zero attached hydrogens (tertiary/aromatic N) is 2. The second kappa shape index (κ2) is 8.75. The van der Waals surface area contributed by atoms with Crippen molar-refractivity contribution < 1.29 is 19.4 Å². The van der Waals surface area contributed by atoms with Crippen molar-refractivity contribution in [1.29, 1.82) is 0 Å². The van der Waals surface area contributed by atoms with E-state index in [4.69, 9.17) is 16.3 Å². The number of halogens is 1. The monoisotopic (exact) mass is 452 g/mol. The van der Waals surface area contributed by atoms with E-state index in [1.165, 1.54) is 16.2 Å². The Morgan fingerprint density at radius 1 is 1.26 bits per heavy atom. The minimum Gasteiger partial charge on any atom is -0.507 e. The van der Waals surface area contributed by atoms with Crippen LogP contribution < -0.4 is 9.64 Å². The molecule has 6 nitrogen and oxygen atoms in total. The fourth-order valence-electron chi connectivity index (χ4n) is 3.38. The molecule has 1 saturated heterocycles. The standard InChI is InChI=1S/C23H17ClN2O4S/c1-2-11-30-17-8-6-14(7-9-17)20(27)18-19(15-4-3-5-16(24)13-15)26(22(29)21(18)28)23-25-10-12-31-23/h2-10,12-13,19,27H,1,11H2/b20-18+/t19-/m0/s1. The first-order valence-electron chi connectivity index (χ1n) is 9.31. The maximum Gasteiger partial charge on any atom is 0.301 e. The van der Waals surface area contributed by atoms with Crippen LogP contribution in [-0.4, -0.2) is 28.4 Å². The smallest absolute Gasteiger partial charge is 0.301 e. The Balaban J connectivity index is 1.84. The highest BCUT2D eigenvalue weighted by Crippen LogP contribution is 2.43. The first-order chi connectivity index (χ1) is 15.0. The third kappa shape index (κ3) is 3.97. The molecule has 0 unspecified atom stereocenters. The molecule has 31 heavy (non-hydrogen) atoms. The molecule has 4 rings (SSSR count). The summed E-state index contributed by atoms with van der Waals surface area (Å²) in [7, 11) is 0. The number of thiazole rings is 1. The van der Waals surface area contributed by atoms with Gasteiger partial charge in [0.25, 0.3) is 5.78 Å². The molecule has 0 bridgehead atoms. The zero-order valence-electron chi connectivity index (χ0n) is 16.2. The van der Waals surface area contributed by atoms with Gasteiger partial charge in [-0.05, 0) is 42.0 Å². The van der Waals surface area contributed by atoms with Crippen LogP contribution in [0, 0.1) is 0 Å². The predicted molar refractivity (Wildman–Crippen MR) is 120 cm³/mol. The van der Waals surface area contributed by atoms with E-state index < -0.39 is 17.7 Å². The summed E-state index contributed by atoms with van der Waals surface area (Å²) in [6, 6.07) is 12.6. The number of amides is 1. The quantitative estimate of drug-likeness (QED) is 0.247. The van der Waals surface area contributed by atoms with E-state index in [2.05, 4.69) is 11.6 Å². The van der Waals surface area contributed by atoms with Gasteiger partial charge in [-0.1, -0.05) is 36.4 Å². The van der Waals surface area contributed by atoms with Crippen LogP contribution in [0.1, 0.15) is 17.2 Å². The Labute approximate surface area is 187 Å². The first-order valence-corrected chi connectivity index (χ1v) is 10.6. The van der Waals surface area contributed by atoms with Crippen molar-refractivity contribution in [3.8, 4) is 5.75 Å². The maximum atomic E-state index is 13.0. The Morgan fingerprint density at radius 2 is 2.03 bits per heavy atom. The fourth-order valence-corrected chi connectivity index (χ4v) is 4.24. The second-order valence-electron chi connectivity index (χ2n) is 6.66. The molecule has 1 aliphatic heterocycles. The van der Waals surface area contributed by atoms with E-state index in [0.717, 1.165) is 0 Å². The molecule has 8 heteroatoms. The van der Waals surface area contributed by atoms with E-state index in [-0.39, 0.29) is 11.3 Å². The largest absolute Gasteiger partial charge is 0.507 e. The van der Waals surface area contributed by atoms with Crippen LogP contribution in [0.15, 0.2) is 78.3 Å². The molecule has 156 valence electrons. The van der Waals surface area contributed by atoms with Gasteiger partial charge in [0, 0.05) is 22.2 Å². The van der Waals surface area contributed by atoms with E-state index in [9.17, 15) is 14.7 Å². The number of hydrogen-bond donors (Lipinski definition) is 1. The molecule has 1 aliphatic rings. The van der Waals surface area contributed by atoms with Crippen molar-refractivity contribution in [3.63, 3.8) is 0 Å². The van der Waals surface area contributed by atoms with Gasteiger partial charge < -0.3 is 9.84 Å². The van der Waals surface area contributed by atoms with Crippen molar-refractivity contribution in [2.24, 2.45) is 0 Å². The summed E-state index contributed by atoms with van der Waals surface area (Å²) >= 11 is 7.40. The Morgan fingerprint density at radius 3 is 2.68 bits per heavy atom. The third-order valence-corrected chi connectivity index (χ3v) is 5.74. The van der Waals surface area contributed by atoms with Gasteiger partial charge in [0.2, 0.25) is 0 Å². The molecule has 1 fully saturated rings. The highest BCUT2D eigenvalue weighted by molar-refractivity contribution is 7.14. The highest BCUT2D eigenvalue weighted by Gasteiger charge is 2.48. The summed E-state index contributed by atoms with van der Waals surface area (Å²) in [5.74, 6) is -1.24. The molecule has 0 saturated carbocycles. The number of carbonyl (C=O) groups is 2. The molecule has 0 radical (unpaired) electrons. The molecule has 2 aromatic carbocycles. The number of ether oxygens (including phenoxy) is 1. The van der Waals surface area contributed by atoms with Gasteiger partial charge in [0.1, 0.15) is 18.1 Å². The lowest BCUT2D eigenvalue weighted by Gasteiger charge is -2.23. The topological polar surface area (TPSA) is 79.7 Å². The van der Waals surface area contributed by atoms with Gasteiger partial charge >= 0.3 is 5.91 Å². The first kappa shape index (κ1) is 20.8. The number of aromatic nitrogens is 1. The van der Waals surface area contributed by atoms with Gasteiger partial charge in [-0.3, -0.25) is 14.5 Å². The summed E-state index contributed by atoms with van der Waals surface area (Å²) in [4.78, 5) is 31.4. The van der Waals surface area contributed by atoms with Crippen molar-refractivity contribution >= 4 is 45.5 Å². The number of aliphatic hydroxyl groups excluding tert-OH is 1. The fraction of sp³-hybridized carbons (Fsp3) is 0.0870. The highest BCUT2D eigenvalue weighted by atomic mass is 35.5. The molecule has 2 heterocycles. The average molecular weight is 453 g/mol. The number of anilines is 1. The van der Waals surface area contributed by atoms with E-state index in [1.807, 2.05) is 0 Å². The number of rotatable bonds is 6. The normalized spacial score (nSPS) is 17.7. The van der Waals surface area contributed by atoms with Gasteiger partial charge in [-0.2, -0.15) is 0 Å². The van der Waals surface area contributed by atoms with Crippen molar-refractivity contribution in [2.45, 2.75) is 6.04 Å². The Hall–Kier alpha value is -3.42. The van der Waals surface area contributed by atoms with Crippen molar-refractivity contribution in [1.82, 2.24) is 4.98 Å². The molecular weight excluding hydrogens is 436 g/mol. The lowest BCUT2D eigenvalue weighted by Crippen LogP contribution is -2.29. The second-order valence-corrected chi connectivity index (χ2v) is 7.97. The van der Waals surface area contributed by atoms with Gasteiger partial charge in [0.05, 0.1) is 11.6 Å². The number of ketones is 1. The van der Waals surface area contributed by atoms with Crippen LogP contribution in [-0.2, 0) is 9.59 Å². The van der Waals surface area contributed by atoms with E-state index >= 15 is 0 Å². The molecule has 0 aliphatic carbocycles. The zero-order valence-corrected chi connectivity index (χ0v) is 17.8. The van der Waals surface area contributed by atoms with Crippen LogP contribution in [0.3, 0.4) is 0 Å². The minimum atomic E-state index is -0.860. The zero-order chi connectivity index (χ0) is 22.0. The van der Waals surface area contributed by atoms with Crippen LogP contribution in [0.25, 0.3) is 5.76 Å². The number of Topliss-reactive ketones (excluding diaryl/α,β-unsaturated/α-hetero) is 1. The third-order valence-electron chi connectivity index (χ3n) is 4.73. The van der Waals surface area contributed by atoms with Crippen LogP contribution in [0.2, 0.25) is 5.02 Å². The Bertz CT molecular complexity index is 1170. The molecule has 1 atom stereocenters. The number of benzene rings is 2. The Kier molecular flexibility index (Phi) is 5.88. The van der Waals surface area contributed by atoms with Crippen LogP contribution >= 0.6 is 22.9 Å². The van der Waals surface area contributed by atoms with Crippen LogP contribution in [0.5, 0.6) is 5.75 Å². The molecule has 3 aromatic rings. The lowest BCUT2D eigenvalue weighted by atomic mass is 9.95. The predicted octanol–water partition coefficient (Wildman–Crippen LogP) is 4.99. The molecular formula is C23H17ClN2O4S. The SMILES string of the molecule is C=CCOc1ccc(/C(O)=C2\C(=O)C(=O)N(c3nccs3)[C@H]2c2cccc(Cl)c2)cc1. The maximum absolute atomic E-state index is 13.0. The van der Waals surface area contributed by atoms with Gasteiger partial charge in [-0.25, -0.2) is 4.98 Å². The van der Waals surface area contributed by atoms with Crippen molar-refractivity contribution in [3.05, 3.63) is 94.5 Å². The molecule has 1 N–H and O–H groups in total. The lowest BCUT2D eigenvalue weighted by molar-refractivity contribution is -0.132.